The number of hydrogen-bond acceptors (Lipinski definition) is 5. The van der Waals surface area contributed by atoms with Crippen molar-refractivity contribution >= 4 is 29.4 Å². The molecular weight excluding hydrogens is 480 g/mol. The van der Waals surface area contributed by atoms with E-state index < -0.39 is 36.4 Å². The van der Waals surface area contributed by atoms with Crippen molar-refractivity contribution in [3.63, 3.8) is 0 Å². The van der Waals surface area contributed by atoms with Crippen molar-refractivity contribution in [3.8, 4) is 0 Å². The molecule has 1 N–H and O–H groups in total. The van der Waals surface area contributed by atoms with E-state index in [0.717, 1.165) is 38.3 Å². The van der Waals surface area contributed by atoms with E-state index in [1.165, 1.54) is 6.92 Å². The van der Waals surface area contributed by atoms with E-state index in [1.807, 2.05) is 74.5 Å². The molecule has 0 saturated carbocycles. The topological polar surface area (TPSA) is 92.8 Å². The van der Waals surface area contributed by atoms with Gasteiger partial charge in [-0.05, 0) is 60.2 Å². The number of aryl methyl sites for hydroxylation is 1. The number of carbonyl (C=O) groups is 4. The number of ether oxygens (including phenoxy) is 1. The highest BCUT2D eigenvalue weighted by atomic mass is 16.5. The molecule has 4 aliphatic rings. The van der Waals surface area contributed by atoms with Crippen LogP contribution in [0.5, 0.6) is 0 Å². The summed E-state index contributed by atoms with van der Waals surface area (Å²) >= 11 is 0. The number of nitrogens with zero attached hydrogens (tertiary/aromatic N) is 1. The van der Waals surface area contributed by atoms with E-state index in [1.54, 1.807) is 6.07 Å². The molecule has 1 heterocycles. The number of anilines is 1. The van der Waals surface area contributed by atoms with Crippen molar-refractivity contribution in [2.75, 3.05) is 11.9 Å². The largest absolute Gasteiger partial charge is 0.454 e. The van der Waals surface area contributed by atoms with Crippen molar-refractivity contribution in [1.82, 2.24) is 4.90 Å². The fourth-order valence-corrected chi connectivity index (χ4v) is 6.52. The van der Waals surface area contributed by atoms with E-state index in [9.17, 15) is 19.2 Å². The van der Waals surface area contributed by atoms with Crippen molar-refractivity contribution in [2.24, 2.45) is 11.8 Å². The molecule has 38 heavy (non-hydrogen) atoms. The fraction of sp³-hybridized carbons (Fsp3) is 0.290. The molecule has 0 unspecified atom stereocenters. The summed E-state index contributed by atoms with van der Waals surface area (Å²) in [4.78, 5) is 54.1. The van der Waals surface area contributed by atoms with Crippen LogP contribution in [0.4, 0.5) is 5.69 Å². The summed E-state index contributed by atoms with van der Waals surface area (Å²) < 4.78 is 5.27. The highest BCUT2D eigenvalue weighted by Gasteiger charge is 2.62. The van der Waals surface area contributed by atoms with Gasteiger partial charge in [0.1, 0.15) is 6.04 Å². The molecule has 7 heteroatoms. The Morgan fingerprint density at radius 2 is 1.32 bits per heavy atom. The van der Waals surface area contributed by atoms with Crippen LogP contribution >= 0.6 is 0 Å². The van der Waals surface area contributed by atoms with Crippen molar-refractivity contribution in [1.29, 1.82) is 0 Å². The maximum atomic E-state index is 13.8. The van der Waals surface area contributed by atoms with Crippen LogP contribution < -0.4 is 5.32 Å². The molecule has 7 nitrogen and oxygen atoms in total. The van der Waals surface area contributed by atoms with Gasteiger partial charge >= 0.3 is 5.97 Å². The number of hydrogen-bond donors (Lipinski definition) is 1. The second-order valence-electron chi connectivity index (χ2n) is 10.4. The van der Waals surface area contributed by atoms with Crippen LogP contribution in [-0.4, -0.2) is 41.2 Å². The van der Waals surface area contributed by atoms with Crippen LogP contribution in [0.15, 0.2) is 66.7 Å². The quantitative estimate of drug-likeness (QED) is 0.414. The number of likely N-dealkylation sites (tertiary alicyclic amines) is 1. The molecular formula is C31H28N2O5. The van der Waals surface area contributed by atoms with Gasteiger partial charge in [0, 0.05) is 17.5 Å². The predicted molar refractivity (Wildman–Crippen MR) is 140 cm³/mol. The lowest BCUT2D eigenvalue weighted by atomic mass is 9.55. The Bertz CT molecular complexity index is 1400. The molecule has 1 fully saturated rings. The molecule has 0 aromatic heterocycles. The molecule has 7 rings (SSSR count). The monoisotopic (exact) mass is 508 g/mol. The smallest absolute Gasteiger partial charge is 0.329 e. The van der Waals surface area contributed by atoms with Crippen LogP contribution in [0.25, 0.3) is 0 Å². The van der Waals surface area contributed by atoms with Gasteiger partial charge in [0.25, 0.3) is 5.91 Å². The third kappa shape index (κ3) is 3.49. The predicted octanol–water partition coefficient (Wildman–Crippen LogP) is 4.07. The van der Waals surface area contributed by atoms with Gasteiger partial charge in [-0.15, -0.1) is 0 Å². The second-order valence-corrected chi connectivity index (χ2v) is 10.4. The first-order valence-corrected chi connectivity index (χ1v) is 12.9. The number of carbonyl (C=O) groups excluding carboxylic acids is 4. The first-order valence-electron chi connectivity index (χ1n) is 12.9. The Kier molecular flexibility index (Phi) is 5.67. The van der Waals surface area contributed by atoms with E-state index in [0.29, 0.717) is 5.69 Å². The van der Waals surface area contributed by atoms with Crippen LogP contribution in [-0.2, 0) is 23.9 Å². The minimum Gasteiger partial charge on any atom is -0.454 e. The average molecular weight is 509 g/mol. The standard InChI is InChI=1S/C31H28N2O5/c1-16-9-8-14-23(17(16)2)32-24(34)15-38-31(37)18(3)33-29(35)27-25-19-10-4-5-11-20(19)26(28(27)30(33)36)22-13-7-6-12-21(22)25/h4-14,18,25-28H,15H2,1-3H3,(H,32,34)/t18-,25?,26?,27-,28-/m0/s1. The molecule has 1 saturated heterocycles. The van der Waals surface area contributed by atoms with Crippen LogP contribution in [0.3, 0.4) is 0 Å². The summed E-state index contributed by atoms with van der Waals surface area (Å²) in [6.45, 7) is 4.81. The van der Waals surface area contributed by atoms with Gasteiger partial charge < -0.3 is 10.1 Å². The fourth-order valence-electron chi connectivity index (χ4n) is 6.52. The number of imide groups is 1. The zero-order valence-electron chi connectivity index (χ0n) is 21.4. The molecule has 192 valence electrons. The number of esters is 1. The van der Waals surface area contributed by atoms with Crippen LogP contribution in [0.1, 0.15) is 52.1 Å². The van der Waals surface area contributed by atoms with Crippen molar-refractivity contribution in [2.45, 2.75) is 38.6 Å². The SMILES string of the molecule is Cc1cccc(NC(=O)COC(=O)[C@H](C)N2C(=O)[C@H]3C4c5ccccc5C(c5ccccc54)[C@@H]3C2=O)c1C. The highest BCUT2D eigenvalue weighted by Crippen LogP contribution is 2.61. The Balaban J connectivity index is 1.21. The van der Waals surface area contributed by atoms with Gasteiger partial charge in [-0.3, -0.25) is 19.3 Å². The Hall–Kier alpha value is -4.26. The minimum absolute atomic E-state index is 0.245. The summed E-state index contributed by atoms with van der Waals surface area (Å²) in [6.07, 6.45) is 0. The molecule has 3 aromatic carbocycles. The number of amides is 3. The number of benzene rings is 3. The Morgan fingerprint density at radius 1 is 0.816 bits per heavy atom. The van der Waals surface area contributed by atoms with Gasteiger partial charge in [-0.1, -0.05) is 60.7 Å². The average Bonchev–Trinajstić information content (AvgIpc) is 3.19. The summed E-state index contributed by atoms with van der Waals surface area (Å²) in [7, 11) is 0. The Morgan fingerprint density at radius 3 is 1.82 bits per heavy atom. The van der Waals surface area contributed by atoms with Crippen molar-refractivity contribution in [3.05, 3.63) is 100 Å². The zero-order valence-corrected chi connectivity index (χ0v) is 21.4. The van der Waals surface area contributed by atoms with Crippen LogP contribution in [0.2, 0.25) is 0 Å². The second kappa shape index (κ2) is 8.94. The maximum Gasteiger partial charge on any atom is 0.329 e. The first-order chi connectivity index (χ1) is 18.3. The lowest BCUT2D eigenvalue weighted by Gasteiger charge is -2.45. The normalized spacial score (nSPS) is 23.4. The summed E-state index contributed by atoms with van der Waals surface area (Å²) in [5.74, 6) is -3.62. The van der Waals surface area contributed by atoms with Gasteiger partial charge in [0.15, 0.2) is 6.61 Å². The van der Waals surface area contributed by atoms with E-state index in [4.69, 9.17) is 4.74 Å². The summed E-state index contributed by atoms with van der Waals surface area (Å²) in [5, 5.41) is 2.75. The zero-order chi connectivity index (χ0) is 26.7. The summed E-state index contributed by atoms with van der Waals surface area (Å²) in [5.41, 5.74) is 6.87. The van der Waals surface area contributed by atoms with Crippen molar-refractivity contribution < 1.29 is 23.9 Å². The summed E-state index contributed by atoms with van der Waals surface area (Å²) in [6, 6.07) is 20.4. The Labute approximate surface area is 220 Å². The molecule has 1 aliphatic heterocycles. The van der Waals surface area contributed by atoms with Crippen LogP contribution in [0, 0.1) is 25.7 Å². The lowest BCUT2D eigenvalue weighted by Crippen LogP contribution is -2.45. The molecule has 3 aromatic rings. The molecule has 0 spiro atoms. The highest BCUT2D eigenvalue weighted by molar-refractivity contribution is 6.10. The van der Waals surface area contributed by atoms with Gasteiger partial charge in [-0.25, -0.2) is 4.79 Å². The minimum atomic E-state index is -1.14. The lowest BCUT2D eigenvalue weighted by molar-refractivity contribution is -0.159. The molecule has 2 bridgehead atoms. The molecule has 3 aliphatic carbocycles. The van der Waals surface area contributed by atoms with Gasteiger partial charge in [-0.2, -0.15) is 0 Å². The van der Waals surface area contributed by atoms with E-state index >= 15 is 0 Å². The maximum absolute atomic E-state index is 13.8. The van der Waals surface area contributed by atoms with E-state index in [2.05, 4.69) is 5.32 Å². The van der Waals surface area contributed by atoms with Gasteiger partial charge in [0.05, 0.1) is 11.8 Å². The third-order valence-electron chi connectivity index (χ3n) is 8.44. The van der Waals surface area contributed by atoms with E-state index in [-0.39, 0.29) is 23.7 Å². The molecule has 3 atom stereocenters. The first kappa shape index (κ1) is 24.1. The third-order valence-corrected chi connectivity index (χ3v) is 8.44. The molecule has 3 amide bonds. The van der Waals surface area contributed by atoms with Gasteiger partial charge in [0.2, 0.25) is 11.8 Å². The number of rotatable bonds is 5. The number of nitrogens with one attached hydrogen (secondary N) is 1. The molecule has 0 radical (unpaired) electrons.